The van der Waals surface area contributed by atoms with Gasteiger partial charge < -0.3 is 20.4 Å². The van der Waals surface area contributed by atoms with Gasteiger partial charge in [-0.2, -0.15) is 0 Å². The van der Waals surface area contributed by atoms with Gasteiger partial charge in [0.1, 0.15) is 22.9 Å². The number of phenolic OH excluding ortho intramolecular Hbond substituents is 2. The van der Waals surface area contributed by atoms with Crippen LogP contribution in [0.25, 0.3) is 0 Å². The average molecular weight is 655 g/mol. The number of aliphatic hydroxyl groups excluding tert-OH is 2. The van der Waals surface area contributed by atoms with Crippen molar-refractivity contribution in [2.24, 2.45) is 20.5 Å². The van der Waals surface area contributed by atoms with Gasteiger partial charge in [0.15, 0.2) is 11.4 Å². The van der Waals surface area contributed by atoms with Gasteiger partial charge in [-0.15, -0.1) is 20.5 Å². The van der Waals surface area contributed by atoms with E-state index < -0.39 is 21.2 Å². The molecule has 0 amide bonds. The maximum absolute atomic E-state index is 11.4. The van der Waals surface area contributed by atoms with Gasteiger partial charge in [-0.25, -0.2) is 0 Å². The van der Waals surface area contributed by atoms with Crippen molar-refractivity contribution in [2.45, 2.75) is 19.3 Å². The summed E-state index contributed by atoms with van der Waals surface area (Å²) in [7, 11) is 0. The molecule has 0 heterocycles. The number of nitro groups is 2. The lowest BCUT2D eigenvalue weighted by molar-refractivity contribution is -0.384. The third kappa shape index (κ3) is 8.13. The number of aromatic hydroxyl groups is 2. The van der Waals surface area contributed by atoms with E-state index in [-0.39, 0.29) is 87.9 Å². The molecule has 0 aliphatic carbocycles. The summed E-state index contributed by atoms with van der Waals surface area (Å²) in [6.07, 6.45) is 0.253. The predicted octanol–water partition coefficient (Wildman–Crippen LogP) is 7.71. The molecule has 4 N–H and O–H groups in total. The fourth-order valence-electron chi connectivity index (χ4n) is 4.33. The Morgan fingerprint density at radius 3 is 1.33 bits per heavy atom. The van der Waals surface area contributed by atoms with Gasteiger partial charge in [-0.3, -0.25) is 20.2 Å². The molecule has 4 aromatic carbocycles. The van der Waals surface area contributed by atoms with E-state index in [0.29, 0.717) is 11.1 Å². The molecule has 16 heteroatoms. The Morgan fingerprint density at radius 2 is 0.978 bits per heavy atom. The lowest BCUT2D eigenvalue weighted by Crippen LogP contribution is -1.98. The molecule has 0 spiro atoms. The highest BCUT2D eigenvalue weighted by atomic mass is 35.5. The average Bonchev–Trinajstić information content (AvgIpc) is 2.99. The highest BCUT2D eigenvalue weighted by Crippen LogP contribution is 2.41. The van der Waals surface area contributed by atoms with Gasteiger partial charge in [0.2, 0.25) is 0 Å². The number of aliphatic hydroxyl groups is 2. The lowest BCUT2D eigenvalue weighted by Gasteiger charge is -2.13. The molecule has 0 aliphatic rings. The quantitative estimate of drug-likeness (QED) is 0.0671. The molecule has 0 saturated carbocycles. The molecule has 0 atom stereocenters. The lowest BCUT2D eigenvalue weighted by atomic mass is 9.96. The number of nitrogens with zero attached hydrogens (tertiary/aromatic N) is 6. The Bertz CT molecular complexity index is 1700. The first-order chi connectivity index (χ1) is 21.5. The van der Waals surface area contributed by atoms with E-state index in [4.69, 9.17) is 23.2 Å². The molecular weight excluding hydrogens is 631 g/mol. The number of halogens is 2. The van der Waals surface area contributed by atoms with Gasteiger partial charge >= 0.3 is 0 Å². The Kier molecular flexibility index (Phi) is 10.7. The summed E-state index contributed by atoms with van der Waals surface area (Å²) < 4.78 is 0. The standard InChI is InChI=1S/C29H24Cl2N6O8/c30-20-1-3-22(26(14-20)36(42)43)32-34-24-11-16(5-7-38)9-18(28(24)40)13-19-10-17(6-8-39)12-25(29(19)41)35-33-23-4-2-21(31)15-27(23)37(44)45/h1-4,9-12,14-15,38-41H,5-8,13H2. The highest BCUT2D eigenvalue weighted by molar-refractivity contribution is 6.31. The summed E-state index contributed by atoms with van der Waals surface area (Å²) in [5.74, 6) is -0.687. The Morgan fingerprint density at radius 1 is 0.600 bits per heavy atom. The summed E-state index contributed by atoms with van der Waals surface area (Å²) in [6, 6.07) is 13.7. The first-order valence-electron chi connectivity index (χ1n) is 13.1. The van der Waals surface area contributed by atoms with Crippen LogP contribution in [0.5, 0.6) is 11.5 Å². The van der Waals surface area contributed by atoms with Crippen molar-refractivity contribution in [3.05, 3.63) is 113 Å². The zero-order valence-electron chi connectivity index (χ0n) is 23.2. The number of azo groups is 2. The van der Waals surface area contributed by atoms with E-state index in [9.17, 15) is 40.7 Å². The Hall–Kier alpha value is -5.02. The number of rotatable bonds is 12. The van der Waals surface area contributed by atoms with E-state index >= 15 is 0 Å². The van der Waals surface area contributed by atoms with Gasteiger partial charge in [0.05, 0.1) is 9.85 Å². The third-order valence-electron chi connectivity index (χ3n) is 6.44. The molecule has 0 bridgehead atoms. The predicted molar refractivity (Wildman–Crippen MR) is 165 cm³/mol. The van der Waals surface area contributed by atoms with Crippen molar-refractivity contribution in [2.75, 3.05) is 13.2 Å². The second-order valence-electron chi connectivity index (χ2n) is 9.55. The molecule has 232 valence electrons. The van der Waals surface area contributed by atoms with Gasteiger partial charge in [-0.05, 0) is 60.4 Å². The molecular formula is C29H24Cl2N6O8. The summed E-state index contributed by atoms with van der Waals surface area (Å²) in [6.45, 7) is -0.468. The molecule has 4 aromatic rings. The molecule has 0 fully saturated rings. The fraction of sp³-hybridized carbons (Fsp3) is 0.172. The topological polar surface area (TPSA) is 217 Å². The van der Waals surface area contributed by atoms with Crippen LogP contribution in [0.4, 0.5) is 34.1 Å². The van der Waals surface area contributed by atoms with E-state index in [2.05, 4.69) is 20.5 Å². The molecule has 0 saturated heterocycles. The van der Waals surface area contributed by atoms with Crippen LogP contribution in [0.15, 0.2) is 81.1 Å². The van der Waals surface area contributed by atoms with Crippen LogP contribution in [0, 0.1) is 20.2 Å². The minimum Gasteiger partial charge on any atom is -0.505 e. The fourth-order valence-corrected chi connectivity index (χ4v) is 4.66. The first-order valence-corrected chi connectivity index (χ1v) is 13.9. The summed E-state index contributed by atoms with van der Waals surface area (Å²) >= 11 is 11.7. The minimum atomic E-state index is -0.671. The monoisotopic (exact) mass is 654 g/mol. The Balaban J connectivity index is 1.76. The zero-order valence-corrected chi connectivity index (χ0v) is 24.7. The molecule has 0 radical (unpaired) electrons. The normalized spacial score (nSPS) is 11.5. The van der Waals surface area contributed by atoms with E-state index in [1.807, 2.05) is 0 Å². The van der Waals surface area contributed by atoms with Crippen molar-refractivity contribution >= 4 is 57.3 Å². The zero-order chi connectivity index (χ0) is 32.7. The van der Waals surface area contributed by atoms with Gasteiger partial charge in [-0.1, -0.05) is 35.3 Å². The highest BCUT2D eigenvalue weighted by Gasteiger charge is 2.19. The van der Waals surface area contributed by atoms with Crippen LogP contribution in [0.3, 0.4) is 0 Å². The number of benzene rings is 4. The second-order valence-corrected chi connectivity index (χ2v) is 10.4. The van der Waals surface area contributed by atoms with Crippen molar-refractivity contribution in [1.82, 2.24) is 0 Å². The number of hydrogen-bond acceptors (Lipinski definition) is 12. The van der Waals surface area contributed by atoms with Crippen LogP contribution >= 0.6 is 23.2 Å². The van der Waals surface area contributed by atoms with E-state index in [1.54, 1.807) is 12.1 Å². The molecule has 14 nitrogen and oxygen atoms in total. The van der Waals surface area contributed by atoms with Gasteiger partial charge in [0.25, 0.3) is 11.4 Å². The van der Waals surface area contributed by atoms with E-state index in [1.165, 1.54) is 36.4 Å². The summed E-state index contributed by atoms with van der Waals surface area (Å²) in [4.78, 5) is 21.6. The van der Waals surface area contributed by atoms with Gasteiger partial charge in [0, 0.05) is 52.9 Å². The third-order valence-corrected chi connectivity index (χ3v) is 6.91. The van der Waals surface area contributed by atoms with Crippen LogP contribution in [0.2, 0.25) is 10.0 Å². The minimum absolute atomic E-state index is 0.0545. The van der Waals surface area contributed by atoms with Crippen LogP contribution in [-0.2, 0) is 19.3 Å². The number of hydrogen-bond donors (Lipinski definition) is 4. The first kappa shape index (κ1) is 32.9. The van der Waals surface area contributed by atoms with Crippen LogP contribution in [0.1, 0.15) is 22.3 Å². The molecule has 0 aliphatic heterocycles. The second kappa shape index (κ2) is 14.6. The SMILES string of the molecule is O=[N+]([O-])c1cc(Cl)ccc1N=Nc1cc(CCO)cc(Cc2cc(CCO)cc(N=Nc3ccc(Cl)cc3[N+](=O)[O-])c2O)c1O. The van der Waals surface area contributed by atoms with Crippen molar-refractivity contribution in [1.29, 1.82) is 0 Å². The number of phenols is 2. The number of nitro benzene ring substituents is 2. The van der Waals surface area contributed by atoms with Crippen molar-refractivity contribution < 1.29 is 30.3 Å². The smallest absolute Gasteiger partial charge is 0.298 e. The molecule has 45 heavy (non-hydrogen) atoms. The van der Waals surface area contributed by atoms with E-state index in [0.717, 1.165) is 12.1 Å². The maximum atomic E-state index is 11.4. The molecule has 0 aromatic heterocycles. The molecule has 0 unspecified atom stereocenters. The van der Waals surface area contributed by atoms with Crippen LogP contribution < -0.4 is 0 Å². The Labute approximate surface area is 264 Å². The largest absolute Gasteiger partial charge is 0.505 e. The van der Waals surface area contributed by atoms with Crippen molar-refractivity contribution in [3.63, 3.8) is 0 Å². The summed E-state index contributed by atoms with van der Waals surface area (Å²) in [5.41, 5.74) is 0.495. The molecule has 4 rings (SSSR count). The maximum Gasteiger partial charge on any atom is 0.298 e. The van der Waals surface area contributed by atoms with Crippen molar-refractivity contribution in [3.8, 4) is 11.5 Å². The summed E-state index contributed by atoms with van der Waals surface area (Å²) in [5, 5.41) is 80.4. The van der Waals surface area contributed by atoms with Crippen LogP contribution in [-0.4, -0.2) is 43.5 Å².